The van der Waals surface area contributed by atoms with Crippen LogP contribution in [0.5, 0.6) is 5.75 Å². The van der Waals surface area contributed by atoms with Gasteiger partial charge in [0, 0.05) is 11.5 Å². The molecule has 1 aromatic carbocycles. The number of hydrogen-bond donors (Lipinski definition) is 1. The Balaban J connectivity index is 2.79. The summed E-state index contributed by atoms with van der Waals surface area (Å²) in [5, 5.41) is 2.37. The van der Waals surface area contributed by atoms with Crippen LogP contribution in [-0.2, 0) is 0 Å². The molecule has 0 bridgehead atoms. The van der Waals surface area contributed by atoms with Gasteiger partial charge in [-0.2, -0.15) is 0 Å². The van der Waals surface area contributed by atoms with Crippen LogP contribution in [-0.4, -0.2) is 13.1 Å². The Bertz CT molecular complexity index is 325. The molecule has 0 heterocycles. The second-order valence-electron chi connectivity index (χ2n) is 2.55. The van der Waals surface area contributed by atoms with Crippen molar-refractivity contribution in [1.82, 2.24) is 5.32 Å². The number of nitrogens with one attached hydrogen (secondary N) is 1. The molecular formula is C9H10BrNO2. The van der Waals surface area contributed by atoms with Gasteiger partial charge in [0.2, 0.25) is 0 Å². The van der Waals surface area contributed by atoms with E-state index >= 15 is 0 Å². The van der Waals surface area contributed by atoms with Gasteiger partial charge in [-0.1, -0.05) is 15.9 Å². The van der Waals surface area contributed by atoms with Crippen molar-refractivity contribution in [2.24, 2.45) is 0 Å². The highest BCUT2D eigenvalue weighted by Crippen LogP contribution is 2.21. The molecule has 0 radical (unpaired) electrons. The Morgan fingerprint density at radius 1 is 1.54 bits per heavy atom. The highest BCUT2D eigenvalue weighted by atomic mass is 79.9. The molecule has 0 atom stereocenters. The lowest BCUT2D eigenvalue weighted by molar-refractivity contribution is 0.203. The first kappa shape index (κ1) is 10.1. The van der Waals surface area contributed by atoms with E-state index in [-0.39, 0.29) is 0 Å². The average Bonchev–Trinajstić information content (AvgIpc) is 2.11. The SMILES string of the molecule is CNC(=O)Oc1ccc(Br)c(C)c1. The van der Waals surface area contributed by atoms with E-state index in [4.69, 9.17) is 4.74 Å². The number of carbonyl (C=O) groups is 1. The number of carbonyl (C=O) groups excluding carboxylic acids is 1. The van der Waals surface area contributed by atoms with E-state index in [0.29, 0.717) is 5.75 Å². The maximum atomic E-state index is 10.8. The lowest BCUT2D eigenvalue weighted by Crippen LogP contribution is -2.22. The van der Waals surface area contributed by atoms with E-state index in [1.807, 2.05) is 13.0 Å². The molecule has 0 aromatic heterocycles. The largest absolute Gasteiger partial charge is 0.412 e. The number of rotatable bonds is 1. The second kappa shape index (κ2) is 4.28. The van der Waals surface area contributed by atoms with Crippen molar-refractivity contribution in [2.45, 2.75) is 6.92 Å². The zero-order valence-corrected chi connectivity index (χ0v) is 9.01. The predicted molar refractivity (Wildman–Crippen MR) is 54.0 cm³/mol. The zero-order chi connectivity index (χ0) is 9.84. The average molecular weight is 244 g/mol. The van der Waals surface area contributed by atoms with Gasteiger partial charge in [-0.3, -0.25) is 0 Å². The van der Waals surface area contributed by atoms with E-state index in [2.05, 4.69) is 21.2 Å². The quantitative estimate of drug-likeness (QED) is 0.824. The van der Waals surface area contributed by atoms with Crippen LogP contribution in [0.1, 0.15) is 5.56 Å². The third-order valence-electron chi connectivity index (χ3n) is 1.54. The van der Waals surface area contributed by atoms with E-state index in [1.165, 1.54) is 7.05 Å². The van der Waals surface area contributed by atoms with Gasteiger partial charge in [-0.15, -0.1) is 0 Å². The van der Waals surface area contributed by atoms with Crippen LogP contribution in [0.2, 0.25) is 0 Å². The number of aryl methyl sites for hydroxylation is 1. The zero-order valence-electron chi connectivity index (χ0n) is 7.43. The first-order valence-corrected chi connectivity index (χ1v) is 4.58. The fraction of sp³-hybridized carbons (Fsp3) is 0.222. The molecule has 13 heavy (non-hydrogen) atoms. The van der Waals surface area contributed by atoms with Gasteiger partial charge >= 0.3 is 6.09 Å². The molecule has 1 rings (SSSR count). The van der Waals surface area contributed by atoms with E-state index < -0.39 is 6.09 Å². The van der Waals surface area contributed by atoms with Crippen molar-refractivity contribution < 1.29 is 9.53 Å². The number of ether oxygens (including phenoxy) is 1. The smallest absolute Gasteiger partial charge is 0.410 e. The van der Waals surface area contributed by atoms with Crippen LogP contribution in [0.25, 0.3) is 0 Å². The molecule has 0 spiro atoms. The minimum atomic E-state index is -0.457. The number of benzene rings is 1. The molecule has 0 fully saturated rings. The molecule has 0 saturated heterocycles. The van der Waals surface area contributed by atoms with Gasteiger partial charge in [-0.05, 0) is 30.7 Å². The summed E-state index contributed by atoms with van der Waals surface area (Å²) < 4.78 is 5.93. The molecule has 0 unspecified atom stereocenters. The van der Waals surface area contributed by atoms with Crippen molar-refractivity contribution in [3.8, 4) is 5.75 Å². The fourth-order valence-electron chi connectivity index (χ4n) is 0.839. The Morgan fingerprint density at radius 2 is 2.23 bits per heavy atom. The Hall–Kier alpha value is -1.03. The molecule has 0 aliphatic carbocycles. The van der Waals surface area contributed by atoms with Gasteiger partial charge < -0.3 is 10.1 Å². The Kier molecular flexibility index (Phi) is 3.31. The summed E-state index contributed by atoms with van der Waals surface area (Å²) >= 11 is 3.36. The highest BCUT2D eigenvalue weighted by molar-refractivity contribution is 9.10. The first-order valence-electron chi connectivity index (χ1n) is 3.79. The minimum absolute atomic E-state index is 0.457. The summed E-state index contributed by atoms with van der Waals surface area (Å²) in [7, 11) is 1.52. The number of hydrogen-bond acceptors (Lipinski definition) is 2. The summed E-state index contributed by atoms with van der Waals surface area (Å²) in [5.41, 5.74) is 1.03. The monoisotopic (exact) mass is 243 g/mol. The number of halogens is 1. The topological polar surface area (TPSA) is 38.3 Å². The van der Waals surface area contributed by atoms with Gasteiger partial charge in [0.1, 0.15) is 5.75 Å². The molecule has 3 nitrogen and oxygen atoms in total. The lowest BCUT2D eigenvalue weighted by atomic mass is 10.2. The molecule has 4 heteroatoms. The van der Waals surface area contributed by atoms with E-state index in [1.54, 1.807) is 12.1 Å². The van der Waals surface area contributed by atoms with Crippen molar-refractivity contribution in [3.05, 3.63) is 28.2 Å². The number of amides is 1. The molecule has 1 amide bonds. The maximum Gasteiger partial charge on any atom is 0.412 e. The van der Waals surface area contributed by atoms with Crippen LogP contribution >= 0.6 is 15.9 Å². The van der Waals surface area contributed by atoms with Gasteiger partial charge in [0.25, 0.3) is 0 Å². The lowest BCUT2D eigenvalue weighted by Gasteiger charge is -2.04. The van der Waals surface area contributed by atoms with E-state index in [9.17, 15) is 4.79 Å². The molecular weight excluding hydrogens is 234 g/mol. The van der Waals surface area contributed by atoms with Gasteiger partial charge in [-0.25, -0.2) is 4.79 Å². The van der Waals surface area contributed by atoms with Crippen LogP contribution in [0, 0.1) is 6.92 Å². The molecule has 0 aliphatic rings. The summed E-state index contributed by atoms with van der Waals surface area (Å²) in [4.78, 5) is 10.8. The van der Waals surface area contributed by atoms with Crippen LogP contribution in [0.4, 0.5) is 4.79 Å². The first-order chi connectivity index (χ1) is 6.13. The standard InChI is InChI=1S/C9H10BrNO2/c1-6-5-7(3-4-8(6)10)13-9(12)11-2/h3-5H,1-2H3,(H,11,12). The molecule has 0 saturated carbocycles. The summed E-state index contributed by atoms with van der Waals surface area (Å²) in [6.45, 7) is 1.93. The van der Waals surface area contributed by atoms with Gasteiger partial charge in [0.15, 0.2) is 0 Å². The minimum Gasteiger partial charge on any atom is -0.410 e. The highest BCUT2D eigenvalue weighted by Gasteiger charge is 2.02. The van der Waals surface area contributed by atoms with Crippen molar-refractivity contribution in [2.75, 3.05) is 7.05 Å². The summed E-state index contributed by atoms with van der Waals surface area (Å²) in [6, 6.07) is 5.36. The van der Waals surface area contributed by atoms with Crippen LogP contribution in [0.3, 0.4) is 0 Å². The molecule has 0 aliphatic heterocycles. The van der Waals surface area contributed by atoms with Crippen molar-refractivity contribution in [1.29, 1.82) is 0 Å². The van der Waals surface area contributed by atoms with E-state index in [0.717, 1.165) is 10.0 Å². The normalized spacial score (nSPS) is 9.46. The third kappa shape index (κ3) is 2.73. The van der Waals surface area contributed by atoms with Crippen molar-refractivity contribution >= 4 is 22.0 Å². The Labute approximate surface area is 85.2 Å². The maximum absolute atomic E-state index is 10.8. The summed E-state index contributed by atoms with van der Waals surface area (Å²) in [5.74, 6) is 0.542. The Morgan fingerprint density at radius 3 is 2.77 bits per heavy atom. The fourth-order valence-corrected chi connectivity index (χ4v) is 1.09. The van der Waals surface area contributed by atoms with Crippen LogP contribution in [0.15, 0.2) is 22.7 Å². The molecule has 1 N–H and O–H groups in total. The van der Waals surface area contributed by atoms with Crippen molar-refractivity contribution in [3.63, 3.8) is 0 Å². The second-order valence-corrected chi connectivity index (χ2v) is 3.40. The molecule has 1 aromatic rings. The molecule has 70 valence electrons. The predicted octanol–water partition coefficient (Wildman–Crippen LogP) is 2.48. The van der Waals surface area contributed by atoms with Gasteiger partial charge in [0.05, 0.1) is 0 Å². The van der Waals surface area contributed by atoms with Crippen LogP contribution < -0.4 is 10.1 Å². The summed E-state index contributed by atoms with van der Waals surface area (Å²) in [6.07, 6.45) is -0.457. The third-order valence-corrected chi connectivity index (χ3v) is 2.43.